The molecule has 11 heavy (non-hydrogen) atoms. The molecule has 0 radical (unpaired) electrons. The molecule has 0 atom stereocenters. The number of hydrogen-bond donors (Lipinski definition) is 1. The molecule has 0 aromatic heterocycles. The fraction of sp³-hybridized carbons (Fsp3) is 0. The monoisotopic (exact) mass is 205 g/mol. The second-order valence-corrected chi connectivity index (χ2v) is 3.34. The van der Waals surface area contributed by atoms with E-state index < -0.39 is 0 Å². The topological polar surface area (TPSA) is 26.0 Å². The van der Waals surface area contributed by atoms with Crippen LogP contribution in [0.5, 0.6) is 0 Å². The second-order valence-electron chi connectivity index (χ2n) is 2.02. The van der Waals surface area contributed by atoms with Crippen LogP contribution in [-0.4, -0.2) is 4.99 Å². The molecule has 2 N–H and O–H groups in total. The zero-order valence-electron chi connectivity index (χ0n) is 5.47. The number of thiocarbonyl (C=S) groups is 1. The van der Waals surface area contributed by atoms with Crippen molar-refractivity contribution in [2.45, 2.75) is 0 Å². The van der Waals surface area contributed by atoms with Crippen molar-refractivity contribution in [2.24, 2.45) is 5.73 Å². The number of halogens is 2. The van der Waals surface area contributed by atoms with E-state index in [9.17, 15) is 0 Å². The quantitative estimate of drug-likeness (QED) is 0.714. The first kappa shape index (κ1) is 8.78. The van der Waals surface area contributed by atoms with Crippen LogP contribution in [-0.2, 0) is 0 Å². The first-order valence-corrected chi connectivity index (χ1v) is 4.02. The zero-order chi connectivity index (χ0) is 8.43. The van der Waals surface area contributed by atoms with Crippen molar-refractivity contribution < 1.29 is 0 Å². The Hall–Kier alpha value is -0.310. The van der Waals surface area contributed by atoms with Gasteiger partial charge in [-0.25, -0.2) is 0 Å². The minimum Gasteiger partial charge on any atom is -0.389 e. The molecule has 58 valence electrons. The Labute approximate surface area is 80.1 Å². The maximum atomic E-state index is 5.69. The smallest absolute Gasteiger partial charge is 0.104 e. The van der Waals surface area contributed by atoms with Gasteiger partial charge in [-0.05, 0) is 18.2 Å². The largest absolute Gasteiger partial charge is 0.389 e. The molecule has 0 aliphatic carbocycles. The Balaban J connectivity index is 3.19. The maximum absolute atomic E-state index is 5.69. The molecule has 0 heterocycles. The van der Waals surface area contributed by atoms with Crippen molar-refractivity contribution in [3.8, 4) is 0 Å². The van der Waals surface area contributed by atoms with E-state index in [4.69, 9.17) is 41.2 Å². The first-order chi connectivity index (χ1) is 5.09. The highest BCUT2D eigenvalue weighted by atomic mass is 35.5. The van der Waals surface area contributed by atoms with Gasteiger partial charge in [0, 0.05) is 15.6 Å². The maximum Gasteiger partial charge on any atom is 0.104 e. The molecule has 1 aromatic carbocycles. The number of nitrogens with two attached hydrogens (primary N) is 1. The summed E-state index contributed by atoms with van der Waals surface area (Å²) in [5.41, 5.74) is 6.06. The Morgan fingerprint density at radius 3 is 2.00 bits per heavy atom. The lowest BCUT2D eigenvalue weighted by Crippen LogP contribution is -2.08. The van der Waals surface area contributed by atoms with E-state index in [0.717, 1.165) is 0 Å². The van der Waals surface area contributed by atoms with Crippen molar-refractivity contribution in [1.82, 2.24) is 0 Å². The standard InChI is InChI=1S/C7H5Cl2NS/c8-5-1-4(7(10)11)2-6(9)3-5/h1-3H,(H2,10,11). The molecule has 0 aliphatic heterocycles. The van der Waals surface area contributed by atoms with Gasteiger partial charge < -0.3 is 5.73 Å². The normalized spacial score (nSPS) is 9.64. The van der Waals surface area contributed by atoms with E-state index in [1.165, 1.54) is 0 Å². The van der Waals surface area contributed by atoms with Gasteiger partial charge in [-0.3, -0.25) is 0 Å². The van der Waals surface area contributed by atoms with E-state index in [1.54, 1.807) is 18.2 Å². The fourth-order valence-electron chi connectivity index (χ4n) is 0.696. The van der Waals surface area contributed by atoms with E-state index >= 15 is 0 Å². The molecule has 0 unspecified atom stereocenters. The van der Waals surface area contributed by atoms with Gasteiger partial charge in [-0.2, -0.15) is 0 Å². The average molecular weight is 206 g/mol. The fourth-order valence-corrected chi connectivity index (χ4v) is 1.34. The Morgan fingerprint density at radius 2 is 1.64 bits per heavy atom. The van der Waals surface area contributed by atoms with Crippen molar-refractivity contribution in [1.29, 1.82) is 0 Å². The molecule has 0 amide bonds. The van der Waals surface area contributed by atoms with Crippen LogP contribution in [0.3, 0.4) is 0 Å². The van der Waals surface area contributed by atoms with Crippen molar-refractivity contribution in [3.05, 3.63) is 33.8 Å². The van der Waals surface area contributed by atoms with Crippen LogP contribution in [0.25, 0.3) is 0 Å². The number of rotatable bonds is 1. The summed E-state index contributed by atoms with van der Waals surface area (Å²) in [7, 11) is 0. The summed E-state index contributed by atoms with van der Waals surface area (Å²) in [4.78, 5) is 0.300. The third-order valence-electron chi connectivity index (χ3n) is 1.15. The van der Waals surface area contributed by atoms with Crippen LogP contribution in [0.2, 0.25) is 10.0 Å². The number of hydrogen-bond acceptors (Lipinski definition) is 1. The summed E-state index contributed by atoms with van der Waals surface area (Å²) in [6.45, 7) is 0. The van der Waals surface area contributed by atoms with E-state index in [2.05, 4.69) is 0 Å². The van der Waals surface area contributed by atoms with E-state index in [0.29, 0.717) is 20.6 Å². The summed E-state index contributed by atoms with van der Waals surface area (Å²) in [5.74, 6) is 0. The first-order valence-electron chi connectivity index (χ1n) is 2.85. The van der Waals surface area contributed by atoms with Crippen LogP contribution in [0.15, 0.2) is 18.2 Å². The highest BCUT2D eigenvalue weighted by Crippen LogP contribution is 2.18. The molecule has 0 spiro atoms. The van der Waals surface area contributed by atoms with Gasteiger partial charge in [0.25, 0.3) is 0 Å². The molecular weight excluding hydrogens is 201 g/mol. The predicted molar refractivity (Wildman–Crippen MR) is 52.3 cm³/mol. The lowest BCUT2D eigenvalue weighted by Gasteiger charge is -1.98. The summed E-state index contributed by atoms with van der Waals surface area (Å²) < 4.78 is 0. The van der Waals surface area contributed by atoms with Gasteiger partial charge in [-0.1, -0.05) is 35.4 Å². The summed E-state index contributed by atoms with van der Waals surface area (Å²) >= 11 is 16.1. The molecule has 1 rings (SSSR count). The summed E-state index contributed by atoms with van der Waals surface area (Å²) in [5, 5.41) is 1.08. The molecule has 0 fully saturated rings. The third-order valence-corrected chi connectivity index (χ3v) is 1.82. The van der Waals surface area contributed by atoms with Crippen LogP contribution >= 0.6 is 35.4 Å². The molecule has 1 nitrogen and oxygen atoms in total. The molecule has 1 aromatic rings. The lowest BCUT2D eigenvalue weighted by atomic mass is 10.2. The average Bonchev–Trinajstić information content (AvgIpc) is 1.85. The third kappa shape index (κ3) is 2.33. The Morgan fingerprint density at radius 1 is 1.18 bits per heavy atom. The SMILES string of the molecule is NC(=S)c1cc(Cl)cc(Cl)c1. The van der Waals surface area contributed by atoms with Gasteiger partial charge >= 0.3 is 0 Å². The molecule has 4 heteroatoms. The van der Waals surface area contributed by atoms with Crippen molar-refractivity contribution >= 4 is 40.4 Å². The van der Waals surface area contributed by atoms with Crippen molar-refractivity contribution in [3.63, 3.8) is 0 Å². The van der Waals surface area contributed by atoms with Gasteiger partial charge in [0.2, 0.25) is 0 Å². The highest BCUT2D eigenvalue weighted by Gasteiger charge is 1.99. The predicted octanol–water partition coefficient (Wildman–Crippen LogP) is 2.63. The second kappa shape index (κ2) is 3.39. The van der Waals surface area contributed by atoms with Crippen LogP contribution in [0, 0.1) is 0 Å². The van der Waals surface area contributed by atoms with Crippen LogP contribution in [0.1, 0.15) is 5.56 Å². The molecule has 0 aliphatic rings. The highest BCUT2D eigenvalue weighted by molar-refractivity contribution is 7.80. The van der Waals surface area contributed by atoms with E-state index in [-0.39, 0.29) is 0 Å². The minimum absolute atomic E-state index is 0.300. The van der Waals surface area contributed by atoms with Gasteiger partial charge in [0.15, 0.2) is 0 Å². The summed E-state index contributed by atoms with van der Waals surface area (Å²) in [6.07, 6.45) is 0. The van der Waals surface area contributed by atoms with Gasteiger partial charge in [-0.15, -0.1) is 0 Å². The molecular formula is C7H5Cl2NS. The number of benzene rings is 1. The lowest BCUT2D eigenvalue weighted by molar-refractivity contribution is 1.62. The summed E-state index contributed by atoms with van der Waals surface area (Å²) in [6, 6.07) is 4.98. The van der Waals surface area contributed by atoms with Crippen LogP contribution in [0.4, 0.5) is 0 Å². The zero-order valence-corrected chi connectivity index (χ0v) is 7.80. The molecule has 0 bridgehead atoms. The van der Waals surface area contributed by atoms with Crippen molar-refractivity contribution in [2.75, 3.05) is 0 Å². The Kier molecular flexibility index (Phi) is 2.71. The van der Waals surface area contributed by atoms with Gasteiger partial charge in [0.1, 0.15) is 4.99 Å². The Bertz CT molecular complexity index is 278. The minimum atomic E-state index is 0.300. The molecule has 0 saturated heterocycles. The molecule has 0 saturated carbocycles. The van der Waals surface area contributed by atoms with E-state index in [1.807, 2.05) is 0 Å². The van der Waals surface area contributed by atoms with Crippen LogP contribution < -0.4 is 5.73 Å². The van der Waals surface area contributed by atoms with Gasteiger partial charge in [0.05, 0.1) is 0 Å².